The molecule has 1 fully saturated rings. The van der Waals surface area contributed by atoms with Crippen molar-refractivity contribution >= 4 is 16.8 Å². The molecule has 0 atom stereocenters. The third-order valence-corrected chi connectivity index (χ3v) is 6.33. The minimum Gasteiger partial charge on any atom is -0.487 e. The second-order valence-corrected chi connectivity index (χ2v) is 9.80. The van der Waals surface area contributed by atoms with Gasteiger partial charge in [-0.2, -0.15) is 0 Å². The van der Waals surface area contributed by atoms with Crippen LogP contribution in [0, 0.1) is 12.3 Å². The van der Waals surface area contributed by atoms with Crippen molar-refractivity contribution in [3.8, 4) is 11.5 Å². The average Bonchev–Trinajstić information content (AvgIpc) is 3.30. The van der Waals surface area contributed by atoms with Gasteiger partial charge in [-0.3, -0.25) is 9.69 Å². The molecule has 1 aromatic heterocycles. The Bertz CT molecular complexity index is 1110. The van der Waals surface area contributed by atoms with E-state index in [0.29, 0.717) is 35.9 Å². The molecule has 0 radical (unpaired) electrons. The van der Waals surface area contributed by atoms with Gasteiger partial charge in [-0.25, -0.2) is 0 Å². The summed E-state index contributed by atoms with van der Waals surface area (Å²) in [5.74, 6) is 0.950. The molecule has 6 nitrogen and oxygen atoms in total. The van der Waals surface area contributed by atoms with E-state index in [0.717, 1.165) is 50.2 Å². The Morgan fingerprint density at radius 3 is 2.50 bits per heavy atom. The smallest absolute Gasteiger partial charge is 0.205 e. The Morgan fingerprint density at radius 2 is 1.79 bits per heavy atom. The molecular formula is C28H35NO5. The lowest BCUT2D eigenvalue weighted by Gasteiger charge is -2.28. The topological polar surface area (TPSA) is 61.1 Å². The van der Waals surface area contributed by atoms with Crippen LogP contribution in [0.25, 0.3) is 11.0 Å². The van der Waals surface area contributed by atoms with Gasteiger partial charge in [0.15, 0.2) is 17.1 Å². The van der Waals surface area contributed by atoms with E-state index in [1.807, 2.05) is 19.1 Å². The van der Waals surface area contributed by atoms with Crippen LogP contribution in [0.4, 0.5) is 0 Å². The van der Waals surface area contributed by atoms with Crippen molar-refractivity contribution in [2.75, 3.05) is 46.1 Å². The van der Waals surface area contributed by atoms with E-state index >= 15 is 0 Å². The second-order valence-electron chi connectivity index (χ2n) is 9.80. The van der Waals surface area contributed by atoms with E-state index < -0.39 is 0 Å². The molecule has 3 aromatic rings. The minimum absolute atomic E-state index is 0.0460. The van der Waals surface area contributed by atoms with Gasteiger partial charge in [0.25, 0.3) is 0 Å². The van der Waals surface area contributed by atoms with Gasteiger partial charge in [-0.05, 0) is 37.5 Å². The minimum atomic E-state index is -0.132. The molecule has 2 aromatic carbocycles. The van der Waals surface area contributed by atoms with Crippen LogP contribution in [0.1, 0.15) is 42.3 Å². The van der Waals surface area contributed by atoms with Gasteiger partial charge in [0.2, 0.25) is 5.75 Å². The first-order valence-corrected chi connectivity index (χ1v) is 12.0. The number of fused-ring (bicyclic) bond motifs is 1. The third kappa shape index (κ3) is 5.62. The van der Waals surface area contributed by atoms with Gasteiger partial charge in [0.1, 0.15) is 6.61 Å². The summed E-state index contributed by atoms with van der Waals surface area (Å²) in [4.78, 5) is 15.0. The molecule has 0 N–H and O–H groups in total. The zero-order valence-electron chi connectivity index (χ0n) is 20.7. The number of nitrogens with zero attached hydrogens (tertiary/aromatic N) is 1. The molecule has 0 amide bonds. The monoisotopic (exact) mass is 465 g/mol. The molecule has 1 aliphatic heterocycles. The Hall–Kier alpha value is -2.83. The van der Waals surface area contributed by atoms with Gasteiger partial charge in [0, 0.05) is 30.4 Å². The number of Topliss-reactive ketones (excluding diaryl/α,β-unsaturated/α-hetero) is 1. The average molecular weight is 466 g/mol. The van der Waals surface area contributed by atoms with Crippen LogP contribution in [0.2, 0.25) is 0 Å². The zero-order valence-corrected chi connectivity index (χ0v) is 20.7. The maximum Gasteiger partial charge on any atom is 0.205 e. The summed E-state index contributed by atoms with van der Waals surface area (Å²) in [5, 5.41) is 0.876. The third-order valence-electron chi connectivity index (χ3n) is 6.33. The molecular weight excluding hydrogens is 430 g/mol. The van der Waals surface area contributed by atoms with Crippen LogP contribution >= 0.6 is 0 Å². The quantitative estimate of drug-likeness (QED) is 0.379. The SMILES string of the molecule is CC(=O)c1c(OCCN2CCOCC2)c(OCC(C)(C)Cc2ccccc2)c2occc2c1C. The Labute approximate surface area is 201 Å². The Kier molecular flexibility index (Phi) is 7.59. The number of ether oxygens (including phenoxy) is 3. The summed E-state index contributed by atoms with van der Waals surface area (Å²) in [6.45, 7) is 12.8. The lowest BCUT2D eigenvalue weighted by atomic mass is 9.86. The number of benzene rings is 2. The van der Waals surface area contributed by atoms with Gasteiger partial charge >= 0.3 is 0 Å². The second kappa shape index (κ2) is 10.6. The molecule has 1 aliphatic rings. The molecule has 182 valence electrons. The van der Waals surface area contributed by atoms with Crippen LogP contribution < -0.4 is 9.47 Å². The van der Waals surface area contributed by atoms with Gasteiger partial charge in [-0.1, -0.05) is 44.2 Å². The highest BCUT2D eigenvalue weighted by atomic mass is 16.5. The molecule has 1 saturated heterocycles. The Morgan fingerprint density at radius 1 is 1.06 bits per heavy atom. The van der Waals surface area contributed by atoms with Crippen molar-refractivity contribution in [3.63, 3.8) is 0 Å². The maximum atomic E-state index is 12.7. The maximum absolute atomic E-state index is 12.7. The van der Waals surface area contributed by atoms with E-state index in [1.54, 1.807) is 13.2 Å². The molecule has 6 heteroatoms. The number of rotatable bonds is 10. The zero-order chi connectivity index (χ0) is 24.1. The number of hydrogen-bond donors (Lipinski definition) is 0. The summed E-state index contributed by atoms with van der Waals surface area (Å²) >= 11 is 0. The fourth-order valence-electron chi connectivity index (χ4n) is 4.56. The molecule has 0 bridgehead atoms. The van der Waals surface area contributed by atoms with Crippen molar-refractivity contribution in [2.45, 2.75) is 34.1 Å². The van der Waals surface area contributed by atoms with Crippen molar-refractivity contribution in [1.29, 1.82) is 0 Å². The molecule has 0 unspecified atom stereocenters. The van der Waals surface area contributed by atoms with Crippen LogP contribution in [0.3, 0.4) is 0 Å². The lowest BCUT2D eigenvalue weighted by molar-refractivity contribution is 0.0319. The molecule has 4 rings (SSSR count). The van der Waals surface area contributed by atoms with Crippen molar-refractivity contribution in [3.05, 3.63) is 59.4 Å². The summed E-state index contributed by atoms with van der Waals surface area (Å²) in [5.41, 5.74) is 3.17. The standard InChI is InChI=1S/C28H35NO5/c1-20-23-10-14-32-25(23)27(34-19-28(3,4)18-22-8-6-5-7-9-22)26(24(20)21(2)30)33-17-13-29-11-15-31-16-12-29/h5-10,14H,11-13,15-19H2,1-4H3. The first-order chi connectivity index (χ1) is 16.4. The van der Waals surface area contributed by atoms with Gasteiger partial charge < -0.3 is 18.6 Å². The molecule has 34 heavy (non-hydrogen) atoms. The fourth-order valence-corrected chi connectivity index (χ4v) is 4.56. The number of carbonyl (C=O) groups excluding carboxylic acids is 1. The predicted molar refractivity (Wildman–Crippen MR) is 133 cm³/mol. The van der Waals surface area contributed by atoms with Gasteiger partial charge in [-0.15, -0.1) is 0 Å². The first kappa shape index (κ1) is 24.3. The van der Waals surface area contributed by atoms with Crippen LogP contribution in [0.15, 0.2) is 47.1 Å². The molecule has 0 saturated carbocycles. The van der Waals surface area contributed by atoms with E-state index in [1.165, 1.54) is 5.56 Å². The molecule has 2 heterocycles. The van der Waals surface area contributed by atoms with E-state index in [4.69, 9.17) is 18.6 Å². The van der Waals surface area contributed by atoms with E-state index in [-0.39, 0.29) is 11.2 Å². The first-order valence-electron chi connectivity index (χ1n) is 12.0. The normalized spacial score (nSPS) is 14.9. The molecule has 0 spiro atoms. The number of aryl methyl sites for hydroxylation is 1. The van der Waals surface area contributed by atoms with Crippen LogP contribution in [-0.4, -0.2) is 56.7 Å². The van der Waals surface area contributed by atoms with Crippen molar-refractivity contribution in [1.82, 2.24) is 4.90 Å². The fraction of sp³-hybridized carbons (Fsp3) is 0.464. The Balaban J connectivity index is 1.60. The highest BCUT2D eigenvalue weighted by Crippen LogP contribution is 2.43. The number of morpholine rings is 1. The highest BCUT2D eigenvalue weighted by Gasteiger charge is 2.27. The number of hydrogen-bond acceptors (Lipinski definition) is 6. The lowest BCUT2D eigenvalue weighted by Crippen LogP contribution is -2.38. The summed E-state index contributed by atoms with van der Waals surface area (Å²) in [6.07, 6.45) is 2.51. The van der Waals surface area contributed by atoms with E-state index in [9.17, 15) is 4.79 Å². The highest BCUT2D eigenvalue weighted by molar-refractivity contribution is 6.05. The van der Waals surface area contributed by atoms with Crippen molar-refractivity contribution < 1.29 is 23.4 Å². The predicted octanol–water partition coefficient (Wildman–Crippen LogP) is 5.30. The summed E-state index contributed by atoms with van der Waals surface area (Å²) < 4.78 is 24.0. The number of carbonyl (C=O) groups is 1. The number of ketones is 1. The molecule has 0 aliphatic carbocycles. The summed E-state index contributed by atoms with van der Waals surface area (Å²) in [7, 11) is 0. The van der Waals surface area contributed by atoms with Crippen molar-refractivity contribution in [2.24, 2.45) is 5.41 Å². The summed E-state index contributed by atoms with van der Waals surface area (Å²) in [6, 6.07) is 12.3. The van der Waals surface area contributed by atoms with E-state index in [2.05, 4.69) is 43.0 Å². The van der Waals surface area contributed by atoms with Crippen LogP contribution in [0.5, 0.6) is 11.5 Å². The largest absolute Gasteiger partial charge is 0.487 e. The number of furan rings is 1. The van der Waals surface area contributed by atoms with Gasteiger partial charge in [0.05, 0.1) is 31.6 Å². The van der Waals surface area contributed by atoms with Crippen LogP contribution in [-0.2, 0) is 11.2 Å².